The number of amides is 1. The van der Waals surface area contributed by atoms with Crippen molar-refractivity contribution < 1.29 is 22.4 Å². The van der Waals surface area contributed by atoms with E-state index in [1.54, 1.807) is 4.57 Å². The molecule has 4 nitrogen and oxygen atoms in total. The summed E-state index contributed by atoms with van der Waals surface area (Å²) >= 11 is 11.1. The van der Waals surface area contributed by atoms with Crippen molar-refractivity contribution in [1.82, 2.24) is 14.5 Å². The Balaban J connectivity index is 1.54. The SMILES string of the molecule is O=C(Cc1[nH]c(=S)n2c1CC(c1c(F)ccc(Cl)c1F)C2)N1CCC(F)(F)CC1. The van der Waals surface area contributed by atoms with E-state index in [9.17, 15) is 22.4 Å². The van der Waals surface area contributed by atoms with E-state index in [1.165, 1.54) is 11.0 Å². The summed E-state index contributed by atoms with van der Waals surface area (Å²) in [6, 6.07) is 2.30. The first kappa shape index (κ1) is 20.4. The van der Waals surface area contributed by atoms with Crippen LogP contribution >= 0.6 is 23.8 Å². The molecule has 0 aliphatic carbocycles. The third kappa shape index (κ3) is 3.82. The van der Waals surface area contributed by atoms with Crippen LogP contribution in [0, 0.1) is 16.4 Å². The maximum absolute atomic E-state index is 14.4. The summed E-state index contributed by atoms with van der Waals surface area (Å²) in [5.74, 6) is -4.97. The molecule has 10 heteroatoms. The van der Waals surface area contributed by atoms with Gasteiger partial charge in [-0.2, -0.15) is 0 Å². The fourth-order valence-corrected chi connectivity index (χ4v) is 4.57. The van der Waals surface area contributed by atoms with E-state index in [2.05, 4.69) is 4.98 Å². The van der Waals surface area contributed by atoms with Crippen molar-refractivity contribution in [3.63, 3.8) is 0 Å². The first-order valence-electron chi connectivity index (χ1n) is 9.26. The molecule has 4 rings (SSSR count). The van der Waals surface area contributed by atoms with Crippen molar-refractivity contribution in [3.05, 3.63) is 50.5 Å². The van der Waals surface area contributed by atoms with Gasteiger partial charge in [0.2, 0.25) is 5.91 Å². The van der Waals surface area contributed by atoms with Crippen molar-refractivity contribution in [2.45, 2.75) is 44.1 Å². The number of hydrogen-bond acceptors (Lipinski definition) is 2. The van der Waals surface area contributed by atoms with Crippen LogP contribution in [0.2, 0.25) is 5.02 Å². The molecule has 1 fully saturated rings. The number of nitrogens with zero attached hydrogens (tertiary/aromatic N) is 2. The molecule has 1 N–H and O–H groups in total. The van der Waals surface area contributed by atoms with Gasteiger partial charge in [-0.25, -0.2) is 17.6 Å². The molecule has 2 aromatic rings. The number of halogens is 5. The number of alkyl halides is 2. The predicted molar refractivity (Wildman–Crippen MR) is 102 cm³/mol. The molecule has 1 unspecified atom stereocenters. The third-order valence-corrected chi connectivity index (χ3v) is 6.30. The molecular formula is C19H18ClF4N3OS. The molecule has 1 aromatic heterocycles. The Morgan fingerprint density at radius 2 is 1.97 bits per heavy atom. The lowest BCUT2D eigenvalue weighted by Gasteiger charge is -2.31. The fourth-order valence-electron chi connectivity index (χ4n) is 4.10. The minimum Gasteiger partial charge on any atom is -0.342 e. The zero-order valence-electron chi connectivity index (χ0n) is 15.3. The normalized spacial score (nSPS) is 20.7. The second-order valence-corrected chi connectivity index (χ2v) is 8.33. The first-order valence-corrected chi connectivity index (χ1v) is 10.0. The second kappa shape index (κ2) is 7.43. The minimum absolute atomic E-state index is 0.00414. The number of nitrogens with one attached hydrogen (secondary N) is 1. The predicted octanol–water partition coefficient (Wildman–Crippen LogP) is 4.62. The van der Waals surface area contributed by atoms with Crippen molar-refractivity contribution >= 4 is 29.7 Å². The lowest BCUT2D eigenvalue weighted by atomic mass is 9.95. The van der Waals surface area contributed by atoms with Crippen LogP contribution in [-0.4, -0.2) is 39.4 Å². The van der Waals surface area contributed by atoms with Crippen molar-refractivity contribution in [2.24, 2.45) is 0 Å². The number of aromatic nitrogens is 2. The summed E-state index contributed by atoms with van der Waals surface area (Å²) in [5, 5.41) is -0.152. The zero-order valence-corrected chi connectivity index (χ0v) is 16.9. The summed E-state index contributed by atoms with van der Waals surface area (Å²) in [6.45, 7) is 0.275. The number of hydrogen-bond donors (Lipinski definition) is 1. The topological polar surface area (TPSA) is 41.0 Å². The molecular weight excluding hydrogens is 430 g/mol. The van der Waals surface area contributed by atoms with Crippen LogP contribution < -0.4 is 0 Å². The lowest BCUT2D eigenvalue weighted by molar-refractivity contribution is -0.136. The standard InChI is InChI=1S/C19H18ClF4N3OS/c20-11-1-2-12(21)16(17(11)22)10-7-14-13(25-18(29)27(14)9-10)8-15(28)26-5-3-19(23,24)4-6-26/h1-2,10H,3-9H2,(H,25,29). The number of piperidine rings is 1. The van der Waals surface area contributed by atoms with Gasteiger partial charge in [0.25, 0.3) is 5.92 Å². The summed E-state index contributed by atoms with van der Waals surface area (Å²) in [5.41, 5.74) is 1.17. The highest BCUT2D eigenvalue weighted by atomic mass is 35.5. The quantitative estimate of drug-likeness (QED) is 0.424. The Labute approximate surface area is 174 Å². The van der Waals surface area contributed by atoms with Crippen LogP contribution in [0.15, 0.2) is 12.1 Å². The molecule has 0 bridgehead atoms. The van der Waals surface area contributed by atoms with E-state index in [-0.39, 0.29) is 55.4 Å². The van der Waals surface area contributed by atoms with E-state index in [0.717, 1.165) is 6.07 Å². The Bertz CT molecular complexity index is 1030. The Morgan fingerprint density at radius 1 is 1.28 bits per heavy atom. The summed E-state index contributed by atoms with van der Waals surface area (Å²) in [4.78, 5) is 17.0. The Morgan fingerprint density at radius 3 is 2.66 bits per heavy atom. The maximum atomic E-state index is 14.4. The summed E-state index contributed by atoms with van der Waals surface area (Å²) in [6.07, 6.45) is -0.428. The molecule has 2 aliphatic heterocycles. The largest absolute Gasteiger partial charge is 0.342 e. The lowest BCUT2D eigenvalue weighted by Crippen LogP contribution is -2.43. The van der Waals surface area contributed by atoms with Crippen LogP contribution in [0.3, 0.4) is 0 Å². The van der Waals surface area contributed by atoms with E-state index in [1.807, 2.05) is 0 Å². The van der Waals surface area contributed by atoms with Crippen LogP contribution in [0.25, 0.3) is 0 Å². The molecule has 3 heterocycles. The molecule has 1 aromatic carbocycles. The van der Waals surface area contributed by atoms with Gasteiger partial charge in [0, 0.05) is 55.3 Å². The van der Waals surface area contributed by atoms with Crippen LogP contribution in [0.4, 0.5) is 17.6 Å². The number of likely N-dealkylation sites (tertiary alicyclic amines) is 1. The number of imidazole rings is 1. The molecule has 156 valence electrons. The van der Waals surface area contributed by atoms with E-state index in [0.29, 0.717) is 22.6 Å². The number of benzene rings is 1. The van der Waals surface area contributed by atoms with Gasteiger partial charge in [-0.1, -0.05) is 11.6 Å². The zero-order chi connectivity index (χ0) is 20.9. The van der Waals surface area contributed by atoms with E-state index < -0.39 is 23.5 Å². The molecule has 2 aliphatic rings. The summed E-state index contributed by atoms with van der Waals surface area (Å²) < 4.78 is 57.4. The van der Waals surface area contributed by atoms with Gasteiger partial charge in [0.15, 0.2) is 4.77 Å². The average molecular weight is 448 g/mol. The van der Waals surface area contributed by atoms with Crippen molar-refractivity contribution in [2.75, 3.05) is 13.1 Å². The van der Waals surface area contributed by atoms with Crippen molar-refractivity contribution in [3.8, 4) is 0 Å². The first-order chi connectivity index (χ1) is 13.7. The molecule has 0 spiro atoms. The number of aromatic amines is 1. The van der Waals surface area contributed by atoms with Crippen LogP contribution in [0.1, 0.15) is 35.7 Å². The Hall–Kier alpha value is -1.87. The number of carbonyl (C=O) groups excluding carboxylic acids is 1. The molecule has 0 radical (unpaired) electrons. The molecule has 1 saturated heterocycles. The van der Waals surface area contributed by atoms with Gasteiger partial charge < -0.3 is 14.5 Å². The summed E-state index contributed by atoms with van der Waals surface area (Å²) in [7, 11) is 0. The van der Waals surface area contributed by atoms with Gasteiger partial charge in [-0.3, -0.25) is 4.79 Å². The second-order valence-electron chi connectivity index (χ2n) is 7.54. The highest BCUT2D eigenvalue weighted by Crippen LogP contribution is 2.36. The van der Waals surface area contributed by atoms with Gasteiger partial charge in [-0.05, 0) is 30.8 Å². The number of H-pyrrole nitrogens is 1. The van der Waals surface area contributed by atoms with E-state index in [4.69, 9.17) is 23.8 Å². The fraction of sp³-hybridized carbons (Fsp3) is 0.474. The average Bonchev–Trinajstić information content (AvgIpc) is 3.20. The molecule has 0 saturated carbocycles. The maximum Gasteiger partial charge on any atom is 0.251 e. The Kier molecular flexibility index (Phi) is 5.23. The minimum atomic E-state index is -2.73. The molecule has 1 amide bonds. The highest BCUT2D eigenvalue weighted by Gasteiger charge is 2.36. The number of fused-ring (bicyclic) bond motifs is 1. The smallest absolute Gasteiger partial charge is 0.251 e. The van der Waals surface area contributed by atoms with Crippen molar-refractivity contribution in [1.29, 1.82) is 0 Å². The third-order valence-electron chi connectivity index (χ3n) is 5.68. The van der Waals surface area contributed by atoms with Crippen LogP contribution in [-0.2, 0) is 24.2 Å². The number of rotatable bonds is 3. The van der Waals surface area contributed by atoms with Crippen LogP contribution in [0.5, 0.6) is 0 Å². The van der Waals surface area contributed by atoms with E-state index >= 15 is 0 Å². The van der Waals surface area contributed by atoms with Gasteiger partial charge in [-0.15, -0.1) is 0 Å². The van der Waals surface area contributed by atoms with Gasteiger partial charge >= 0.3 is 0 Å². The monoisotopic (exact) mass is 447 g/mol. The molecule has 29 heavy (non-hydrogen) atoms. The molecule has 1 atom stereocenters. The van der Waals surface area contributed by atoms with Gasteiger partial charge in [0.05, 0.1) is 11.4 Å². The highest BCUT2D eigenvalue weighted by molar-refractivity contribution is 7.71. The van der Waals surface area contributed by atoms with Gasteiger partial charge in [0.1, 0.15) is 11.6 Å². The number of carbonyl (C=O) groups is 1.